The zero-order chi connectivity index (χ0) is 15.6. The van der Waals surface area contributed by atoms with Gasteiger partial charge < -0.3 is 15.4 Å². The topological polar surface area (TPSA) is 93.5 Å². The number of ether oxygens (including phenoxy) is 1. The van der Waals surface area contributed by atoms with Crippen LogP contribution in [0.4, 0.5) is 17.1 Å². The van der Waals surface area contributed by atoms with Crippen molar-refractivity contribution in [3.8, 4) is 0 Å². The van der Waals surface area contributed by atoms with Gasteiger partial charge in [-0.25, -0.2) is 0 Å². The average Bonchev–Trinajstić information content (AvgIpc) is 2.76. The van der Waals surface area contributed by atoms with Crippen molar-refractivity contribution in [2.75, 3.05) is 24.4 Å². The number of nitro groups is 1. The monoisotopic (exact) mass is 293 g/mol. The van der Waals surface area contributed by atoms with E-state index in [9.17, 15) is 14.9 Å². The number of methoxy groups -OCH3 is 1. The van der Waals surface area contributed by atoms with Gasteiger partial charge in [-0.3, -0.25) is 14.9 Å². The molecule has 2 rings (SSSR count). The molecule has 0 fully saturated rings. The normalized spacial score (nSPS) is 14.8. The highest BCUT2D eigenvalue weighted by Crippen LogP contribution is 2.35. The van der Waals surface area contributed by atoms with E-state index in [1.807, 2.05) is 13.8 Å². The summed E-state index contributed by atoms with van der Waals surface area (Å²) in [5.74, 6) is 0.0983. The van der Waals surface area contributed by atoms with Gasteiger partial charge in [0.25, 0.3) is 5.69 Å². The van der Waals surface area contributed by atoms with E-state index in [1.54, 1.807) is 13.2 Å². The zero-order valence-corrected chi connectivity index (χ0v) is 12.3. The summed E-state index contributed by atoms with van der Waals surface area (Å²) in [5, 5.41) is 17.1. The van der Waals surface area contributed by atoms with Gasteiger partial charge in [0, 0.05) is 18.9 Å². The molecule has 0 radical (unpaired) electrons. The fraction of sp³-hybridized carbons (Fsp3) is 0.500. The van der Waals surface area contributed by atoms with Crippen molar-refractivity contribution in [1.82, 2.24) is 0 Å². The molecule has 21 heavy (non-hydrogen) atoms. The SMILES string of the molecule is COCC(Nc1cc2c(cc1[N+](=O)[O-])CC(=O)N2)C(C)C. The van der Waals surface area contributed by atoms with E-state index in [4.69, 9.17) is 4.74 Å². The smallest absolute Gasteiger partial charge is 0.292 e. The minimum atomic E-state index is -0.435. The molecule has 1 aliphatic rings. The van der Waals surface area contributed by atoms with Crippen LogP contribution < -0.4 is 10.6 Å². The number of benzene rings is 1. The first-order valence-electron chi connectivity index (χ1n) is 6.79. The molecule has 1 unspecified atom stereocenters. The molecule has 1 heterocycles. The van der Waals surface area contributed by atoms with Crippen LogP contribution in [0.25, 0.3) is 0 Å². The summed E-state index contributed by atoms with van der Waals surface area (Å²) >= 11 is 0. The first-order chi connectivity index (χ1) is 9.92. The number of fused-ring (bicyclic) bond motifs is 1. The second kappa shape index (κ2) is 6.09. The summed E-state index contributed by atoms with van der Waals surface area (Å²) in [5.41, 5.74) is 1.67. The lowest BCUT2D eigenvalue weighted by atomic mass is 10.0. The maximum absolute atomic E-state index is 11.4. The van der Waals surface area contributed by atoms with Gasteiger partial charge >= 0.3 is 0 Å². The van der Waals surface area contributed by atoms with E-state index in [0.717, 1.165) is 0 Å². The van der Waals surface area contributed by atoms with Crippen molar-refractivity contribution in [3.63, 3.8) is 0 Å². The van der Waals surface area contributed by atoms with Crippen molar-refractivity contribution in [2.24, 2.45) is 5.92 Å². The lowest BCUT2D eigenvalue weighted by Gasteiger charge is -2.23. The quantitative estimate of drug-likeness (QED) is 0.619. The largest absolute Gasteiger partial charge is 0.383 e. The molecule has 1 amide bonds. The lowest BCUT2D eigenvalue weighted by molar-refractivity contribution is -0.384. The van der Waals surface area contributed by atoms with Gasteiger partial charge in [0.15, 0.2) is 0 Å². The van der Waals surface area contributed by atoms with Gasteiger partial charge in [-0.05, 0) is 17.5 Å². The Labute approximate surface area is 122 Å². The van der Waals surface area contributed by atoms with Crippen molar-refractivity contribution in [3.05, 3.63) is 27.8 Å². The maximum Gasteiger partial charge on any atom is 0.292 e. The zero-order valence-electron chi connectivity index (χ0n) is 12.3. The highest BCUT2D eigenvalue weighted by Gasteiger charge is 2.26. The van der Waals surface area contributed by atoms with E-state index in [1.165, 1.54) is 6.07 Å². The molecule has 1 aliphatic heterocycles. The van der Waals surface area contributed by atoms with Crippen LogP contribution in [0, 0.1) is 16.0 Å². The van der Waals surface area contributed by atoms with Gasteiger partial charge in [0.2, 0.25) is 5.91 Å². The van der Waals surface area contributed by atoms with Crippen molar-refractivity contribution >= 4 is 23.0 Å². The van der Waals surface area contributed by atoms with Crippen molar-refractivity contribution in [1.29, 1.82) is 0 Å². The van der Waals surface area contributed by atoms with Crippen LogP contribution >= 0.6 is 0 Å². The third kappa shape index (κ3) is 3.30. The lowest BCUT2D eigenvalue weighted by Crippen LogP contribution is -2.30. The summed E-state index contributed by atoms with van der Waals surface area (Å²) in [4.78, 5) is 22.2. The number of carbonyl (C=O) groups is 1. The predicted molar refractivity (Wildman–Crippen MR) is 79.6 cm³/mol. The van der Waals surface area contributed by atoms with E-state index < -0.39 is 4.92 Å². The highest BCUT2D eigenvalue weighted by molar-refractivity contribution is 6.00. The van der Waals surface area contributed by atoms with Crippen LogP contribution in [0.2, 0.25) is 0 Å². The first-order valence-corrected chi connectivity index (χ1v) is 6.79. The van der Waals surface area contributed by atoms with Crippen LogP contribution in [0.1, 0.15) is 19.4 Å². The third-order valence-electron chi connectivity index (χ3n) is 3.54. The summed E-state index contributed by atoms with van der Waals surface area (Å²) < 4.78 is 5.15. The first kappa shape index (κ1) is 15.2. The molecule has 7 nitrogen and oxygen atoms in total. The Kier molecular flexibility index (Phi) is 4.42. The summed E-state index contributed by atoms with van der Waals surface area (Å²) in [6.07, 6.45) is 0.183. The van der Waals surface area contributed by atoms with Crippen LogP contribution in [-0.2, 0) is 16.0 Å². The predicted octanol–water partition coefficient (Wildman–Crippen LogP) is 2.17. The third-order valence-corrected chi connectivity index (χ3v) is 3.54. The number of carbonyl (C=O) groups excluding carboxylic acids is 1. The van der Waals surface area contributed by atoms with Crippen LogP contribution in [0.5, 0.6) is 0 Å². The van der Waals surface area contributed by atoms with E-state index in [-0.39, 0.29) is 30.0 Å². The molecule has 0 aromatic heterocycles. The molecular weight excluding hydrogens is 274 g/mol. The van der Waals surface area contributed by atoms with Crippen molar-refractivity contribution < 1.29 is 14.5 Å². The van der Waals surface area contributed by atoms with Gasteiger partial charge in [-0.1, -0.05) is 13.8 Å². The number of amides is 1. The molecule has 7 heteroatoms. The molecule has 114 valence electrons. The molecule has 1 aromatic carbocycles. The van der Waals surface area contributed by atoms with Crippen LogP contribution in [0.3, 0.4) is 0 Å². The fourth-order valence-corrected chi connectivity index (χ4v) is 2.31. The van der Waals surface area contributed by atoms with Gasteiger partial charge in [-0.2, -0.15) is 0 Å². The van der Waals surface area contributed by atoms with Gasteiger partial charge in [0.1, 0.15) is 5.69 Å². The number of hydrogen-bond donors (Lipinski definition) is 2. The second-order valence-corrected chi connectivity index (χ2v) is 5.46. The molecule has 0 spiro atoms. The number of rotatable bonds is 6. The second-order valence-electron chi connectivity index (χ2n) is 5.46. The number of hydrogen-bond acceptors (Lipinski definition) is 5. The Balaban J connectivity index is 2.35. The molecule has 2 N–H and O–H groups in total. The standard InChI is InChI=1S/C14H19N3O4/c1-8(2)12(7-21-3)15-11-6-10-9(5-14(18)16-10)4-13(11)17(19)20/h4,6,8,12,15H,5,7H2,1-3H3,(H,16,18). The molecular formula is C14H19N3O4. The number of nitrogens with one attached hydrogen (secondary N) is 2. The Morgan fingerprint density at radius 1 is 1.48 bits per heavy atom. The Hall–Kier alpha value is -2.15. The van der Waals surface area contributed by atoms with Gasteiger partial charge in [-0.15, -0.1) is 0 Å². The average molecular weight is 293 g/mol. The summed E-state index contributed by atoms with van der Waals surface area (Å²) in [7, 11) is 1.59. The molecule has 0 saturated heterocycles. The molecule has 1 aromatic rings. The minimum Gasteiger partial charge on any atom is -0.383 e. The van der Waals surface area contributed by atoms with E-state index >= 15 is 0 Å². The van der Waals surface area contributed by atoms with Gasteiger partial charge in [0.05, 0.1) is 24.0 Å². The summed E-state index contributed by atoms with van der Waals surface area (Å²) in [6, 6.07) is 3.03. The highest BCUT2D eigenvalue weighted by atomic mass is 16.6. The Bertz CT molecular complexity index is 572. The van der Waals surface area contributed by atoms with E-state index in [0.29, 0.717) is 23.5 Å². The Morgan fingerprint density at radius 2 is 2.19 bits per heavy atom. The molecule has 1 atom stereocenters. The number of nitro benzene ring substituents is 1. The molecule has 0 saturated carbocycles. The molecule has 0 bridgehead atoms. The van der Waals surface area contributed by atoms with E-state index in [2.05, 4.69) is 10.6 Å². The van der Waals surface area contributed by atoms with Crippen LogP contribution in [0.15, 0.2) is 12.1 Å². The Morgan fingerprint density at radius 3 is 2.76 bits per heavy atom. The molecule has 0 aliphatic carbocycles. The summed E-state index contributed by atoms with van der Waals surface area (Å²) in [6.45, 7) is 4.47. The number of anilines is 2. The van der Waals surface area contributed by atoms with Crippen molar-refractivity contribution in [2.45, 2.75) is 26.3 Å². The fourth-order valence-electron chi connectivity index (χ4n) is 2.31. The van der Waals surface area contributed by atoms with Crippen LogP contribution in [-0.4, -0.2) is 30.6 Å². The minimum absolute atomic E-state index is 0.0213. The number of nitrogens with zero attached hydrogens (tertiary/aromatic N) is 1. The maximum atomic E-state index is 11.4.